The Hall–Kier alpha value is -4.97. The molecule has 5 N–H and O–H groups in total. The number of carboxylic acid groups (broad SMARTS) is 1. The van der Waals surface area contributed by atoms with Gasteiger partial charge in [0.05, 0.1) is 11.4 Å². The maximum Gasteiger partial charge on any atom is 0.490 e. The minimum atomic E-state index is -5.08. The number of nitrogens with one attached hydrogen (secondary N) is 1. The van der Waals surface area contributed by atoms with E-state index in [1.165, 1.54) is 0 Å². The second-order valence-electron chi connectivity index (χ2n) is 7.75. The number of halogens is 3. The summed E-state index contributed by atoms with van der Waals surface area (Å²) < 4.78 is 37.7. The molecule has 4 rings (SSSR count). The average Bonchev–Trinajstić information content (AvgIpc) is 2.90. The first-order valence-electron chi connectivity index (χ1n) is 11.4. The topological polar surface area (TPSA) is 143 Å². The molecule has 0 fully saturated rings. The van der Waals surface area contributed by atoms with Crippen molar-refractivity contribution in [2.45, 2.75) is 12.6 Å². The number of nitrogens with two attached hydrogens (primary N) is 1. The number of rotatable bonds is 8. The molecule has 9 nitrogen and oxygen atoms in total. The quantitative estimate of drug-likeness (QED) is 0.222. The number of carboxylic acids is 1. The number of aliphatic hydroxyl groups excluding tert-OH is 1. The molecule has 202 valence electrons. The summed E-state index contributed by atoms with van der Waals surface area (Å²) in [5.74, 6) is -0.569. The molecule has 2 heterocycles. The van der Waals surface area contributed by atoms with Crippen LogP contribution >= 0.6 is 0 Å². The number of aromatic nitrogens is 3. The van der Waals surface area contributed by atoms with Gasteiger partial charge in [0.1, 0.15) is 17.3 Å². The number of hydrogen-bond donors (Lipinski definition) is 4. The summed E-state index contributed by atoms with van der Waals surface area (Å²) in [6.45, 7) is 0.113. The summed E-state index contributed by atoms with van der Waals surface area (Å²) in [5.41, 5.74) is 9.24. The summed E-state index contributed by atoms with van der Waals surface area (Å²) in [5, 5.41) is 19.3. The molecule has 0 spiro atoms. The van der Waals surface area contributed by atoms with Gasteiger partial charge >= 0.3 is 12.1 Å². The first kappa shape index (κ1) is 28.6. The molecule has 2 aromatic carbocycles. The number of pyridine rings is 1. The van der Waals surface area contributed by atoms with Gasteiger partial charge in [0.15, 0.2) is 0 Å². The lowest BCUT2D eigenvalue weighted by molar-refractivity contribution is -0.192. The summed E-state index contributed by atoms with van der Waals surface area (Å²) in [7, 11) is 0. The Balaban J connectivity index is 0.000000532. The van der Waals surface area contributed by atoms with Crippen LogP contribution in [0.5, 0.6) is 11.5 Å². The summed E-state index contributed by atoms with van der Waals surface area (Å²) in [6, 6.07) is 22.9. The minimum absolute atomic E-state index is 0.113. The number of nitrogen functional groups attached to an aromatic ring is 1. The molecule has 12 heteroatoms. The Labute approximate surface area is 221 Å². The van der Waals surface area contributed by atoms with Crippen molar-refractivity contribution in [2.75, 3.05) is 17.7 Å². The fourth-order valence-corrected chi connectivity index (χ4v) is 3.04. The maximum atomic E-state index is 10.6. The number of aliphatic hydroxyl groups is 1. The molecule has 39 heavy (non-hydrogen) atoms. The zero-order valence-electron chi connectivity index (χ0n) is 20.3. The van der Waals surface area contributed by atoms with Gasteiger partial charge in [0.2, 0.25) is 5.95 Å². The molecule has 0 bridgehead atoms. The van der Waals surface area contributed by atoms with Crippen molar-refractivity contribution in [2.24, 2.45) is 0 Å². The number of aliphatic carboxylic acids is 1. The first-order valence-corrected chi connectivity index (χ1v) is 11.4. The van der Waals surface area contributed by atoms with E-state index < -0.39 is 12.1 Å². The summed E-state index contributed by atoms with van der Waals surface area (Å²) >= 11 is 0. The summed E-state index contributed by atoms with van der Waals surface area (Å²) in [6.07, 6.45) is 0.919. The van der Waals surface area contributed by atoms with Crippen LogP contribution in [0.15, 0.2) is 85.1 Å². The van der Waals surface area contributed by atoms with E-state index in [1.54, 1.807) is 12.3 Å². The lowest BCUT2D eigenvalue weighted by Gasteiger charge is -2.10. The average molecular weight is 540 g/mol. The highest BCUT2D eigenvalue weighted by molar-refractivity contribution is 5.73. The van der Waals surface area contributed by atoms with Gasteiger partial charge in [0, 0.05) is 36.2 Å². The molecule has 0 amide bonds. The van der Waals surface area contributed by atoms with Gasteiger partial charge < -0.3 is 26.0 Å². The Morgan fingerprint density at radius 3 is 2.33 bits per heavy atom. The van der Waals surface area contributed by atoms with Crippen LogP contribution in [-0.4, -0.2) is 43.9 Å². The second-order valence-corrected chi connectivity index (χ2v) is 7.75. The number of anilines is 3. The van der Waals surface area contributed by atoms with Crippen molar-refractivity contribution >= 4 is 29.5 Å². The molecule has 0 aliphatic heterocycles. The fraction of sp³-hybridized carbons (Fsp3) is 0.111. The van der Waals surface area contributed by atoms with Gasteiger partial charge in [-0.1, -0.05) is 36.4 Å². The Kier molecular flexibility index (Phi) is 9.93. The van der Waals surface area contributed by atoms with Crippen molar-refractivity contribution in [1.29, 1.82) is 0 Å². The highest BCUT2D eigenvalue weighted by atomic mass is 19.4. The van der Waals surface area contributed by atoms with E-state index in [4.69, 9.17) is 25.5 Å². The van der Waals surface area contributed by atoms with Crippen LogP contribution in [0.25, 0.3) is 17.3 Å². The Bertz CT molecular complexity index is 1400. The third kappa shape index (κ3) is 9.44. The van der Waals surface area contributed by atoms with E-state index in [0.29, 0.717) is 23.7 Å². The number of carbonyl (C=O) groups is 1. The van der Waals surface area contributed by atoms with Gasteiger partial charge in [-0.15, -0.1) is 0 Å². The molecule has 2 aromatic heterocycles. The normalized spacial score (nSPS) is 11.0. The molecule has 4 aromatic rings. The molecular weight excluding hydrogens is 515 g/mol. The number of ether oxygens (including phenoxy) is 1. The van der Waals surface area contributed by atoms with Crippen LogP contribution < -0.4 is 15.8 Å². The van der Waals surface area contributed by atoms with E-state index in [2.05, 4.69) is 20.3 Å². The Morgan fingerprint density at radius 2 is 1.69 bits per heavy atom. The summed E-state index contributed by atoms with van der Waals surface area (Å²) in [4.78, 5) is 21.8. The van der Waals surface area contributed by atoms with Crippen LogP contribution in [0, 0.1) is 0 Å². The predicted octanol–water partition coefficient (Wildman–Crippen LogP) is 5.69. The van der Waals surface area contributed by atoms with Crippen LogP contribution in [0.1, 0.15) is 12.1 Å². The van der Waals surface area contributed by atoms with Gasteiger partial charge in [0.25, 0.3) is 0 Å². The van der Waals surface area contributed by atoms with Crippen molar-refractivity contribution in [3.05, 3.63) is 90.8 Å². The van der Waals surface area contributed by atoms with E-state index in [1.807, 2.05) is 78.9 Å². The van der Waals surface area contributed by atoms with Crippen LogP contribution in [0.4, 0.5) is 30.6 Å². The van der Waals surface area contributed by atoms with Gasteiger partial charge in [-0.05, 0) is 42.8 Å². The SMILES string of the molecule is Nc1nc(Nc2ccc(Oc3ccnc(/C=C/CCO)c3)cc2)cc(-c2ccccc2)n1.O=C(O)C(F)(F)F. The molecule has 0 atom stereocenters. The van der Waals surface area contributed by atoms with Crippen LogP contribution in [-0.2, 0) is 4.79 Å². The van der Waals surface area contributed by atoms with Gasteiger partial charge in [-0.25, -0.2) is 9.78 Å². The number of hydrogen-bond acceptors (Lipinski definition) is 8. The van der Waals surface area contributed by atoms with Crippen LogP contribution in [0.2, 0.25) is 0 Å². The third-order valence-electron chi connectivity index (χ3n) is 4.75. The predicted molar refractivity (Wildman–Crippen MR) is 140 cm³/mol. The van der Waals surface area contributed by atoms with Crippen molar-refractivity contribution in [3.8, 4) is 22.8 Å². The van der Waals surface area contributed by atoms with E-state index in [-0.39, 0.29) is 12.6 Å². The largest absolute Gasteiger partial charge is 0.490 e. The molecule has 0 saturated carbocycles. The monoisotopic (exact) mass is 539 g/mol. The molecule has 0 saturated heterocycles. The lowest BCUT2D eigenvalue weighted by Crippen LogP contribution is -2.21. The zero-order chi connectivity index (χ0) is 28.3. The fourth-order valence-electron chi connectivity index (χ4n) is 3.04. The highest BCUT2D eigenvalue weighted by Crippen LogP contribution is 2.26. The zero-order valence-corrected chi connectivity index (χ0v) is 20.3. The number of alkyl halides is 3. The van der Waals surface area contributed by atoms with Crippen molar-refractivity contribution in [3.63, 3.8) is 0 Å². The lowest BCUT2D eigenvalue weighted by atomic mass is 10.1. The standard InChI is InChI=1S/C25H23N5O2.C2HF3O2/c26-25-29-23(18-6-2-1-3-7-18)17-24(30-25)28-19-9-11-21(12-10-19)32-22-13-14-27-20(16-22)8-4-5-15-31;3-2(4,5)1(6)7/h1-4,6-14,16-17,31H,5,15H2,(H3,26,28,29,30);(H,6,7)/b8-4+;. The molecule has 0 unspecified atom stereocenters. The Morgan fingerprint density at radius 1 is 1.00 bits per heavy atom. The minimum Gasteiger partial charge on any atom is -0.475 e. The molecule has 0 radical (unpaired) electrons. The van der Waals surface area contributed by atoms with Crippen molar-refractivity contribution in [1.82, 2.24) is 15.0 Å². The van der Waals surface area contributed by atoms with Gasteiger partial charge in [-0.3, -0.25) is 4.98 Å². The van der Waals surface area contributed by atoms with Crippen LogP contribution in [0.3, 0.4) is 0 Å². The number of nitrogens with zero attached hydrogens (tertiary/aromatic N) is 3. The number of benzene rings is 2. The maximum absolute atomic E-state index is 10.6. The first-order chi connectivity index (χ1) is 18.6. The third-order valence-corrected chi connectivity index (χ3v) is 4.75. The van der Waals surface area contributed by atoms with Gasteiger partial charge in [-0.2, -0.15) is 18.2 Å². The molecular formula is C27H24F3N5O4. The second kappa shape index (κ2) is 13.5. The van der Waals surface area contributed by atoms with E-state index in [0.717, 1.165) is 22.6 Å². The van der Waals surface area contributed by atoms with E-state index >= 15 is 0 Å². The van der Waals surface area contributed by atoms with E-state index in [9.17, 15) is 13.2 Å². The highest BCUT2D eigenvalue weighted by Gasteiger charge is 2.38. The van der Waals surface area contributed by atoms with Crippen molar-refractivity contribution < 1.29 is 32.9 Å². The molecule has 0 aliphatic rings. The smallest absolute Gasteiger partial charge is 0.475 e. The molecule has 0 aliphatic carbocycles.